The highest BCUT2D eigenvalue weighted by Gasteiger charge is 2.35. The van der Waals surface area contributed by atoms with E-state index in [9.17, 15) is 9.59 Å². The van der Waals surface area contributed by atoms with Gasteiger partial charge in [-0.3, -0.25) is 0 Å². The number of rotatable bonds is 9. The summed E-state index contributed by atoms with van der Waals surface area (Å²) in [6.07, 6.45) is 10.9. The summed E-state index contributed by atoms with van der Waals surface area (Å²) in [6.45, 7) is 17.4. The molecule has 0 saturated heterocycles. The van der Waals surface area contributed by atoms with Crippen LogP contribution in [0.15, 0.2) is 23.3 Å². The summed E-state index contributed by atoms with van der Waals surface area (Å²) >= 11 is 0. The fourth-order valence-corrected chi connectivity index (χ4v) is 5.79. The summed E-state index contributed by atoms with van der Waals surface area (Å²) in [4.78, 5) is 26.3. The van der Waals surface area contributed by atoms with Crippen LogP contribution in [0.5, 0.6) is 0 Å². The molecule has 2 aliphatic rings. The third-order valence-electron chi connectivity index (χ3n) is 7.97. The van der Waals surface area contributed by atoms with Crippen molar-refractivity contribution in [1.82, 2.24) is 0 Å². The summed E-state index contributed by atoms with van der Waals surface area (Å²) in [7, 11) is 0. The molecular formula is C30H50O4. The summed E-state index contributed by atoms with van der Waals surface area (Å²) in [6, 6.07) is 0. The van der Waals surface area contributed by atoms with E-state index in [1.54, 1.807) is 0 Å². The molecule has 6 atom stereocenters. The van der Waals surface area contributed by atoms with Crippen molar-refractivity contribution in [2.75, 3.05) is 0 Å². The smallest absolute Gasteiger partial charge is 0.334 e. The van der Waals surface area contributed by atoms with Crippen LogP contribution < -0.4 is 0 Å². The van der Waals surface area contributed by atoms with Gasteiger partial charge in [-0.15, -0.1) is 0 Å². The predicted octanol–water partition coefficient (Wildman–Crippen LogP) is 7.67. The first-order chi connectivity index (χ1) is 16.0. The van der Waals surface area contributed by atoms with Crippen molar-refractivity contribution in [3.63, 3.8) is 0 Å². The Balaban J connectivity index is 2.16. The van der Waals surface area contributed by atoms with Crippen LogP contribution in [0, 0.1) is 35.5 Å². The molecule has 2 rings (SSSR count). The molecule has 2 saturated carbocycles. The molecule has 0 aliphatic heterocycles. The Morgan fingerprint density at radius 2 is 1.32 bits per heavy atom. The van der Waals surface area contributed by atoms with Crippen LogP contribution in [0.3, 0.4) is 0 Å². The molecule has 0 aromatic rings. The monoisotopic (exact) mass is 474 g/mol. The fraction of sp³-hybridized carbons (Fsp3) is 0.800. The van der Waals surface area contributed by atoms with Gasteiger partial charge < -0.3 is 9.47 Å². The second-order valence-electron chi connectivity index (χ2n) is 12.1. The van der Waals surface area contributed by atoms with Crippen LogP contribution in [-0.2, 0) is 19.1 Å². The molecule has 0 amide bonds. The average molecular weight is 475 g/mol. The molecular weight excluding hydrogens is 424 g/mol. The lowest BCUT2D eigenvalue weighted by Crippen LogP contribution is -2.36. The molecule has 0 bridgehead atoms. The van der Waals surface area contributed by atoms with Gasteiger partial charge in [0.25, 0.3) is 0 Å². The second-order valence-corrected chi connectivity index (χ2v) is 12.1. The molecule has 0 heterocycles. The molecule has 0 aromatic carbocycles. The Kier molecular flexibility index (Phi) is 11.4. The standard InChI is InChI=1S/C30H50O4/c1-19(2)10-9-11-24(30(32)34-28-17-23(8)13-15-26(28)21(5)6)18-29(31)33-27-16-22(7)12-14-25(27)20(3)4/h10,18,20-23,25-28H,9,11-17H2,1-8H3/b24-18-/t22-,23-,25+,26+,27-,28-/m1/s1. The van der Waals surface area contributed by atoms with Crippen molar-refractivity contribution in [3.8, 4) is 0 Å². The maximum absolute atomic E-state index is 13.3. The summed E-state index contributed by atoms with van der Waals surface area (Å²) in [5.41, 5.74) is 1.64. The SMILES string of the molecule is CC(C)=CCC/C(=C/C(=O)O[C@@H]1C[C@H](C)CC[C@H]1C(C)C)C(=O)O[C@@H]1C[C@H](C)CC[C@H]1C(C)C. The molecule has 2 fully saturated rings. The van der Waals surface area contributed by atoms with Crippen molar-refractivity contribution in [2.24, 2.45) is 35.5 Å². The third kappa shape index (κ3) is 8.89. The molecule has 194 valence electrons. The Hall–Kier alpha value is -1.58. The number of ether oxygens (including phenoxy) is 2. The number of allylic oxidation sites excluding steroid dienone is 2. The first-order valence-corrected chi connectivity index (χ1v) is 13.7. The summed E-state index contributed by atoms with van der Waals surface area (Å²) in [5.74, 6) is 2.06. The van der Waals surface area contributed by atoms with Crippen LogP contribution in [0.2, 0.25) is 0 Å². The van der Waals surface area contributed by atoms with Crippen molar-refractivity contribution < 1.29 is 19.1 Å². The Labute approximate surface area is 208 Å². The van der Waals surface area contributed by atoms with Crippen LogP contribution in [0.4, 0.5) is 0 Å². The highest BCUT2D eigenvalue weighted by Crippen LogP contribution is 2.37. The first-order valence-electron chi connectivity index (χ1n) is 13.7. The number of esters is 2. The fourth-order valence-electron chi connectivity index (χ4n) is 5.79. The van der Waals surface area contributed by atoms with Gasteiger partial charge in [0, 0.05) is 11.6 Å². The van der Waals surface area contributed by atoms with Crippen LogP contribution in [0.1, 0.15) is 107 Å². The normalized spacial score (nSPS) is 30.2. The lowest BCUT2D eigenvalue weighted by atomic mass is 9.75. The molecule has 0 spiro atoms. The minimum Gasteiger partial charge on any atom is -0.459 e. The molecule has 2 aliphatic carbocycles. The third-order valence-corrected chi connectivity index (χ3v) is 7.97. The quantitative estimate of drug-likeness (QED) is 0.195. The van der Waals surface area contributed by atoms with E-state index in [1.807, 2.05) is 13.8 Å². The maximum Gasteiger partial charge on any atom is 0.334 e. The van der Waals surface area contributed by atoms with Crippen molar-refractivity contribution in [1.29, 1.82) is 0 Å². The average Bonchev–Trinajstić information content (AvgIpc) is 2.72. The lowest BCUT2D eigenvalue weighted by Gasteiger charge is -2.37. The number of carbonyl (C=O) groups is 2. The Bertz CT molecular complexity index is 728. The Morgan fingerprint density at radius 1 is 0.824 bits per heavy atom. The molecule has 4 nitrogen and oxygen atoms in total. The summed E-state index contributed by atoms with van der Waals surface area (Å²) in [5, 5.41) is 0. The zero-order valence-corrected chi connectivity index (χ0v) is 23.1. The molecule has 0 radical (unpaired) electrons. The van der Waals surface area contributed by atoms with Gasteiger partial charge in [0.2, 0.25) is 0 Å². The van der Waals surface area contributed by atoms with Gasteiger partial charge in [0.05, 0.1) is 0 Å². The van der Waals surface area contributed by atoms with E-state index in [-0.39, 0.29) is 18.2 Å². The van der Waals surface area contributed by atoms with Gasteiger partial charge in [0.1, 0.15) is 12.2 Å². The second kappa shape index (κ2) is 13.5. The van der Waals surface area contributed by atoms with Crippen LogP contribution in [-0.4, -0.2) is 24.1 Å². The van der Waals surface area contributed by atoms with Crippen LogP contribution in [0.25, 0.3) is 0 Å². The molecule has 4 heteroatoms. The van der Waals surface area contributed by atoms with Crippen molar-refractivity contribution in [2.45, 2.75) is 119 Å². The van der Waals surface area contributed by atoms with E-state index in [0.717, 1.165) is 25.7 Å². The van der Waals surface area contributed by atoms with E-state index in [1.165, 1.54) is 24.5 Å². The molecule has 0 aromatic heterocycles. The first kappa shape index (κ1) is 28.7. The van der Waals surface area contributed by atoms with E-state index >= 15 is 0 Å². The zero-order valence-electron chi connectivity index (χ0n) is 23.1. The van der Waals surface area contributed by atoms with Gasteiger partial charge in [-0.2, -0.15) is 0 Å². The maximum atomic E-state index is 13.3. The minimum absolute atomic E-state index is 0.0768. The van der Waals surface area contributed by atoms with Gasteiger partial charge in [-0.25, -0.2) is 9.59 Å². The predicted molar refractivity (Wildman–Crippen MR) is 139 cm³/mol. The van der Waals surface area contributed by atoms with E-state index in [2.05, 4.69) is 47.6 Å². The van der Waals surface area contributed by atoms with Crippen molar-refractivity contribution in [3.05, 3.63) is 23.3 Å². The topological polar surface area (TPSA) is 52.6 Å². The van der Waals surface area contributed by atoms with Crippen molar-refractivity contribution >= 4 is 11.9 Å². The largest absolute Gasteiger partial charge is 0.459 e. The molecule has 34 heavy (non-hydrogen) atoms. The zero-order chi connectivity index (χ0) is 25.4. The number of carbonyl (C=O) groups excluding carboxylic acids is 2. The molecule has 0 unspecified atom stereocenters. The highest BCUT2D eigenvalue weighted by atomic mass is 16.5. The lowest BCUT2D eigenvalue weighted by molar-refractivity contribution is -0.153. The van der Waals surface area contributed by atoms with Crippen LogP contribution >= 0.6 is 0 Å². The van der Waals surface area contributed by atoms with E-state index in [0.29, 0.717) is 53.9 Å². The van der Waals surface area contributed by atoms with Gasteiger partial charge in [-0.05, 0) is 87.9 Å². The Morgan fingerprint density at radius 3 is 1.79 bits per heavy atom. The van der Waals surface area contributed by atoms with Gasteiger partial charge in [0.15, 0.2) is 0 Å². The minimum atomic E-state index is -0.397. The highest BCUT2D eigenvalue weighted by molar-refractivity contribution is 5.96. The molecule has 0 N–H and O–H groups in total. The summed E-state index contributed by atoms with van der Waals surface area (Å²) < 4.78 is 12.1. The van der Waals surface area contributed by atoms with Gasteiger partial charge >= 0.3 is 11.9 Å². The van der Waals surface area contributed by atoms with E-state index < -0.39 is 5.97 Å². The van der Waals surface area contributed by atoms with Gasteiger partial charge in [-0.1, -0.05) is 66.0 Å². The number of hydrogen-bond donors (Lipinski definition) is 0. The van der Waals surface area contributed by atoms with E-state index in [4.69, 9.17) is 9.47 Å². The number of hydrogen-bond acceptors (Lipinski definition) is 4.